The third-order valence-electron chi connectivity index (χ3n) is 2.45. The quantitative estimate of drug-likeness (QED) is 0.603. The molecule has 1 aliphatic heterocycles. The molecule has 0 radical (unpaired) electrons. The van der Waals surface area contributed by atoms with Gasteiger partial charge in [-0.25, -0.2) is 0 Å². The fraction of sp³-hybridized carbons (Fsp3) is 0.500. The molecule has 0 unspecified atom stereocenters. The van der Waals surface area contributed by atoms with Gasteiger partial charge in [0.15, 0.2) is 0 Å². The van der Waals surface area contributed by atoms with Crippen LogP contribution in [0.15, 0.2) is 36.5 Å². The minimum atomic E-state index is 0.690. The third kappa shape index (κ3) is 3.19. The van der Waals surface area contributed by atoms with Crippen LogP contribution in [0.25, 0.3) is 0 Å². The lowest BCUT2D eigenvalue weighted by atomic mass is 9.91. The van der Waals surface area contributed by atoms with Crippen molar-refractivity contribution < 1.29 is 4.74 Å². The summed E-state index contributed by atoms with van der Waals surface area (Å²) in [6.45, 7) is 7.58. The van der Waals surface area contributed by atoms with Crippen molar-refractivity contribution in [1.82, 2.24) is 0 Å². The molecule has 1 rings (SSSR count). The standard InChI is InChI=1S/C12H18O/c1-3-5-6-11(4-2)12-7-9-13-10-8-12/h3-6,12H,1,7-10H2,2H3/b6-5-,11-4+. The Morgan fingerprint density at radius 2 is 2.08 bits per heavy atom. The predicted octanol–water partition coefficient (Wildman–Crippen LogP) is 3.10. The van der Waals surface area contributed by atoms with E-state index in [1.54, 1.807) is 0 Å². The van der Waals surface area contributed by atoms with Gasteiger partial charge in [0, 0.05) is 13.2 Å². The Labute approximate surface area is 80.8 Å². The Morgan fingerprint density at radius 1 is 1.38 bits per heavy atom. The maximum atomic E-state index is 5.33. The molecule has 0 amide bonds. The van der Waals surface area contributed by atoms with E-state index in [1.807, 2.05) is 12.2 Å². The molecule has 1 saturated heterocycles. The highest BCUT2D eigenvalue weighted by Crippen LogP contribution is 2.23. The number of rotatable bonds is 3. The Bertz CT molecular complexity index is 207. The van der Waals surface area contributed by atoms with Crippen LogP contribution in [0.3, 0.4) is 0 Å². The Kier molecular flexibility index (Phi) is 4.55. The van der Waals surface area contributed by atoms with Crippen molar-refractivity contribution in [2.75, 3.05) is 13.2 Å². The topological polar surface area (TPSA) is 9.23 Å². The molecule has 13 heavy (non-hydrogen) atoms. The minimum absolute atomic E-state index is 0.690. The molecule has 1 aliphatic rings. The molecule has 0 aliphatic carbocycles. The van der Waals surface area contributed by atoms with E-state index >= 15 is 0 Å². The van der Waals surface area contributed by atoms with Crippen molar-refractivity contribution in [2.24, 2.45) is 5.92 Å². The Hall–Kier alpha value is -0.820. The minimum Gasteiger partial charge on any atom is -0.381 e. The van der Waals surface area contributed by atoms with E-state index in [-0.39, 0.29) is 0 Å². The van der Waals surface area contributed by atoms with Gasteiger partial charge in [0.05, 0.1) is 0 Å². The van der Waals surface area contributed by atoms with E-state index in [0.29, 0.717) is 5.92 Å². The number of hydrogen-bond acceptors (Lipinski definition) is 1. The molecule has 0 atom stereocenters. The highest BCUT2D eigenvalue weighted by atomic mass is 16.5. The molecule has 0 aromatic heterocycles. The van der Waals surface area contributed by atoms with Crippen LogP contribution in [-0.2, 0) is 4.74 Å². The van der Waals surface area contributed by atoms with E-state index < -0.39 is 0 Å². The van der Waals surface area contributed by atoms with Crippen LogP contribution in [0.2, 0.25) is 0 Å². The van der Waals surface area contributed by atoms with Crippen molar-refractivity contribution in [1.29, 1.82) is 0 Å². The molecule has 1 fully saturated rings. The van der Waals surface area contributed by atoms with Crippen LogP contribution in [0.5, 0.6) is 0 Å². The van der Waals surface area contributed by atoms with Gasteiger partial charge < -0.3 is 4.74 Å². The summed E-state index contributed by atoms with van der Waals surface area (Å²) >= 11 is 0. The summed E-state index contributed by atoms with van der Waals surface area (Å²) in [6, 6.07) is 0. The van der Waals surface area contributed by atoms with Gasteiger partial charge in [0.1, 0.15) is 0 Å². The third-order valence-corrected chi connectivity index (χ3v) is 2.45. The van der Waals surface area contributed by atoms with Gasteiger partial charge in [-0.05, 0) is 31.3 Å². The Balaban J connectivity index is 2.54. The highest BCUT2D eigenvalue weighted by Gasteiger charge is 2.15. The molecule has 0 aromatic rings. The largest absolute Gasteiger partial charge is 0.381 e. The molecule has 1 nitrogen and oxygen atoms in total. The van der Waals surface area contributed by atoms with E-state index in [9.17, 15) is 0 Å². The summed E-state index contributed by atoms with van der Waals surface area (Å²) in [7, 11) is 0. The molecule has 0 bridgehead atoms. The molecule has 0 spiro atoms. The van der Waals surface area contributed by atoms with Gasteiger partial charge in [0.25, 0.3) is 0 Å². The normalized spacial score (nSPS) is 20.8. The lowest BCUT2D eigenvalue weighted by Gasteiger charge is -2.22. The maximum absolute atomic E-state index is 5.33. The zero-order valence-corrected chi connectivity index (χ0v) is 8.33. The molecule has 1 heterocycles. The van der Waals surface area contributed by atoms with E-state index in [4.69, 9.17) is 4.74 Å². The molecule has 1 heteroatoms. The number of hydrogen-bond donors (Lipinski definition) is 0. The van der Waals surface area contributed by atoms with Crippen LogP contribution < -0.4 is 0 Å². The fourth-order valence-corrected chi connectivity index (χ4v) is 1.68. The second-order valence-corrected chi connectivity index (χ2v) is 3.27. The SMILES string of the molecule is C=C/C=C\C(=C/C)C1CCOCC1. The second-order valence-electron chi connectivity index (χ2n) is 3.27. The first-order chi connectivity index (χ1) is 6.38. The molecule has 0 saturated carbocycles. The summed E-state index contributed by atoms with van der Waals surface area (Å²) in [6.07, 6.45) is 10.5. The Morgan fingerprint density at radius 3 is 2.62 bits per heavy atom. The number of ether oxygens (including phenoxy) is 1. The predicted molar refractivity (Wildman–Crippen MR) is 56.6 cm³/mol. The molecule has 0 aromatic carbocycles. The van der Waals surface area contributed by atoms with Gasteiger partial charge >= 0.3 is 0 Å². The van der Waals surface area contributed by atoms with Gasteiger partial charge in [-0.15, -0.1) is 0 Å². The van der Waals surface area contributed by atoms with Crippen LogP contribution in [-0.4, -0.2) is 13.2 Å². The smallest absolute Gasteiger partial charge is 0.0471 e. The van der Waals surface area contributed by atoms with E-state index in [0.717, 1.165) is 26.1 Å². The van der Waals surface area contributed by atoms with Crippen molar-refractivity contribution >= 4 is 0 Å². The van der Waals surface area contributed by atoms with Crippen LogP contribution >= 0.6 is 0 Å². The van der Waals surface area contributed by atoms with Gasteiger partial charge in [-0.2, -0.15) is 0 Å². The average Bonchev–Trinajstić information content (AvgIpc) is 2.21. The van der Waals surface area contributed by atoms with E-state index in [2.05, 4.69) is 25.7 Å². The van der Waals surface area contributed by atoms with Crippen molar-refractivity contribution in [2.45, 2.75) is 19.8 Å². The second kappa shape index (κ2) is 5.76. The average molecular weight is 178 g/mol. The first kappa shape index (κ1) is 10.3. The summed E-state index contributed by atoms with van der Waals surface area (Å²) in [5, 5.41) is 0. The van der Waals surface area contributed by atoms with Gasteiger partial charge in [0.2, 0.25) is 0 Å². The zero-order valence-electron chi connectivity index (χ0n) is 8.33. The monoisotopic (exact) mass is 178 g/mol. The molecular formula is C12H18O. The number of allylic oxidation sites excluding steroid dienone is 5. The van der Waals surface area contributed by atoms with Crippen molar-refractivity contribution in [3.63, 3.8) is 0 Å². The van der Waals surface area contributed by atoms with Gasteiger partial charge in [-0.3, -0.25) is 0 Å². The first-order valence-corrected chi connectivity index (χ1v) is 4.91. The fourth-order valence-electron chi connectivity index (χ4n) is 1.68. The zero-order chi connectivity index (χ0) is 9.52. The van der Waals surface area contributed by atoms with Crippen LogP contribution in [0.1, 0.15) is 19.8 Å². The van der Waals surface area contributed by atoms with Crippen molar-refractivity contribution in [3.05, 3.63) is 36.5 Å². The summed E-state index contributed by atoms with van der Waals surface area (Å²) in [5.41, 5.74) is 1.42. The highest BCUT2D eigenvalue weighted by molar-refractivity contribution is 5.23. The lowest BCUT2D eigenvalue weighted by Crippen LogP contribution is -2.16. The van der Waals surface area contributed by atoms with Crippen molar-refractivity contribution in [3.8, 4) is 0 Å². The molecular weight excluding hydrogens is 160 g/mol. The molecule has 72 valence electrons. The summed E-state index contributed by atoms with van der Waals surface area (Å²) < 4.78 is 5.33. The van der Waals surface area contributed by atoms with Crippen LogP contribution in [0, 0.1) is 5.92 Å². The summed E-state index contributed by atoms with van der Waals surface area (Å²) in [4.78, 5) is 0. The first-order valence-electron chi connectivity index (χ1n) is 4.91. The van der Waals surface area contributed by atoms with Gasteiger partial charge in [-0.1, -0.05) is 30.9 Å². The van der Waals surface area contributed by atoms with E-state index in [1.165, 1.54) is 5.57 Å². The lowest BCUT2D eigenvalue weighted by molar-refractivity contribution is 0.0765. The summed E-state index contributed by atoms with van der Waals surface area (Å²) in [5.74, 6) is 0.690. The van der Waals surface area contributed by atoms with Crippen LogP contribution in [0.4, 0.5) is 0 Å². The maximum Gasteiger partial charge on any atom is 0.0471 e. The molecule has 0 N–H and O–H groups in total.